The lowest BCUT2D eigenvalue weighted by Crippen LogP contribution is -2.51. The topological polar surface area (TPSA) is 96.7 Å². The first-order valence-electron chi connectivity index (χ1n) is 9.30. The van der Waals surface area contributed by atoms with E-state index in [1.165, 1.54) is 5.56 Å². The number of amides is 2. The molecule has 4 N–H and O–H groups in total. The predicted octanol–water partition coefficient (Wildman–Crippen LogP) is -0.0115. The quantitative estimate of drug-likeness (QED) is 0.663. The molecule has 0 spiro atoms. The third kappa shape index (κ3) is 5.27. The molecule has 2 saturated heterocycles. The summed E-state index contributed by atoms with van der Waals surface area (Å²) in [6, 6.07) is 7.94. The molecule has 2 atom stereocenters. The van der Waals surface area contributed by atoms with Crippen molar-refractivity contribution in [3.8, 4) is 0 Å². The number of hydrogen-bond donors (Lipinski definition) is 3. The van der Waals surface area contributed by atoms with Crippen molar-refractivity contribution in [1.29, 1.82) is 0 Å². The second kappa shape index (κ2) is 9.12. The molecule has 0 aromatic heterocycles. The zero-order valence-electron chi connectivity index (χ0n) is 15.1. The molecule has 1 aromatic carbocycles. The first-order chi connectivity index (χ1) is 12.6. The molecule has 142 valence electrons. The summed E-state index contributed by atoms with van der Waals surface area (Å²) in [6.45, 7) is 4.77. The van der Waals surface area contributed by atoms with Crippen molar-refractivity contribution in [2.24, 2.45) is 11.7 Å². The van der Waals surface area contributed by atoms with Crippen LogP contribution in [0.3, 0.4) is 0 Å². The first kappa shape index (κ1) is 18.8. The van der Waals surface area contributed by atoms with Crippen molar-refractivity contribution in [3.63, 3.8) is 0 Å². The molecule has 2 unspecified atom stereocenters. The van der Waals surface area contributed by atoms with Crippen molar-refractivity contribution >= 4 is 11.8 Å². The van der Waals surface area contributed by atoms with Crippen LogP contribution in [0.4, 0.5) is 0 Å². The fourth-order valence-electron chi connectivity index (χ4n) is 3.57. The molecule has 7 nitrogen and oxygen atoms in total. The average molecular weight is 360 g/mol. The number of rotatable bonds is 6. The Morgan fingerprint density at radius 1 is 1.35 bits per heavy atom. The van der Waals surface area contributed by atoms with Gasteiger partial charge in [0.15, 0.2) is 0 Å². The van der Waals surface area contributed by atoms with E-state index in [0.717, 1.165) is 38.0 Å². The molecule has 26 heavy (non-hydrogen) atoms. The van der Waals surface area contributed by atoms with E-state index in [4.69, 9.17) is 10.5 Å². The Bertz CT molecular complexity index is 631. The van der Waals surface area contributed by atoms with Gasteiger partial charge in [0.1, 0.15) is 6.04 Å². The van der Waals surface area contributed by atoms with Gasteiger partial charge >= 0.3 is 0 Å². The van der Waals surface area contributed by atoms with Gasteiger partial charge in [-0.1, -0.05) is 24.3 Å². The number of morpholine rings is 1. The van der Waals surface area contributed by atoms with Gasteiger partial charge in [-0.15, -0.1) is 0 Å². The molecule has 1 aromatic rings. The van der Waals surface area contributed by atoms with Crippen LogP contribution in [0.15, 0.2) is 24.3 Å². The maximum Gasteiger partial charge on any atom is 0.239 e. The number of primary amides is 1. The van der Waals surface area contributed by atoms with E-state index < -0.39 is 0 Å². The highest BCUT2D eigenvalue weighted by molar-refractivity contribution is 5.82. The van der Waals surface area contributed by atoms with Gasteiger partial charge in [-0.25, -0.2) is 0 Å². The molecule has 2 fully saturated rings. The molecule has 0 bridgehead atoms. The van der Waals surface area contributed by atoms with Gasteiger partial charge in [0, 0.05) is 26.2 Å². The maximum atomic E-state index is 12.2. The molecule has 0 radical (unpaired) electrons. The molecule has 0 aliphatic carbocycles. The number of piperidine rings is 1. The summed E-state index contributed by atoms with van der Waals surface area (Å²) in [6.07, 6.45) is 1.89. The molecule has 2 amide bonds. The Balaban J connectivity index is 1.51. The number of nitrogens with zero attached hydrogens (tertiary/aromatic N) is 1. The average Bonchev–Trinajstić information content (AvgIpc) is 2.67. The highest BCUT2D eigenvalue weighted by atomic mass is 16.5. The summed E-state index contributed by atoms with van der Waals surface area (Å²) in [7, 11) is 0. The van der Waals surface area contributed by atoms with Crippen LogP contribution >= 0.6 is 0 Å². The van der Waals surface area contributed by atoms with E-state index in [-0.39, 0.29) is 23.8 Å². The van der Waals surface area contributed by atoms with E-state index in [9.17, 15) is 9.59 Å². The van der Waals surface area contributed by atoms with Gasteiger partial charge in [-0.3, -0.25) is 14.5 Å². The van der Waals surface area contributed by atoms with Gasteiger partial charge < -0.3 is 21.1 Å². The lowest BCUT2D eigenvalue weighted by molar-refractivity contribution is -0.126. The highest BCUT2D eigenvalue weighted by Crippen LogP contribution is 2.18. The Morgan fingerprint density at radius 3 is 2.96 bits per heavy atom. The van der Waals surface area contributed by atoms with E-state index in [2.05, 4.69) is 27.7 Å². The molecule has 2 aliphatic rings. The minimum atomic E-state index is -0.272. The lowest BCUT2D eigenvalue weighted by Gasteiger charge is -2.31. The summed E-state index contributed by atoms with van der Waals surface area (Å²) >= 11 is 0. The smallest absolute Gasteiger partial charge is 0.239 e. The second-order valence-corrected chi connectivity index (χ2v) is 7.10. The summed E-state index contributed by atoms with van der Waals surface area (Å²) in [4.78, 5) is 25.9. The largest absolute Gasteiger partial charge is 0.378 e. The number of benzene rings is 1. The van der Waals surface area contributed by atoms with Crippen LogP contribution in [-0.4, -0.2) is 55.6 Å². The SMILES string of the molecule is NC(=O)C1CCCN(Cc2cccc(CNC(=O)C3COCCN3)c2)C1. The summed E-state index contributed by atoms with van der Waals surface area (Å²) in [5.74, 6) is -0.279. The summed E-state index contributed by atoms with van der Waals surface area (Å²) in [5.41, 5.74) is 7.70. The Hall–Kier alpha value is -1.96. The minimum Gasteiger partial charge on any atom is -0.378 e. The number of ether oxygens (including phenoxy) is 1. The third-order valence-corrected chi connectivity index (χ3v) is 5.01. The van der Waals surface area contributed by atoms with Crippen LogP contribution in [-0.2, 0) is 27.4 Å². The Morgan fingerprint density at radius 2 is 2.19 bits per heavy atom. The van der Waals surface area contributed by atoms with Gasteiger partial charge in [0.2, 0.25) is 11.8 Å². The number of nitrogens with two attached hydrogens (primary N) is 1. The van der Waals surface area contributed by atoms with Crippen LogP contribution in [0.5, 0.6) is 0 Å². The van der Waals surface area contributed by atoms with Crippen molar-refractivity contribution in [1.82, 2.24) is 15.5 Å². The Kier molecular flexibility index (Phi) is 6.60. The summed E-state index contributed by atoms with van der Waals surface area (Å²) < 4.78 is 5.32. The van der Waals surface area contributed by atoms with Crippen LogP contribution in [0.2, 0.25) is 0 Å². The molecule has 2 aliphatic heterocycles. The Labute approximate surface area is 154 Å². The van der Waals surface area contributed by atoms with Gasteiger partial charge in [0.25, 0.3) is 0 Å². The zero-order valence-corrected chi connectivity index (χ0v) is 15.1. The van der Waals surface area contributed by atoms with Gasteiger partial charge in [-0.05, 0) is 30.5 Å². The maximum absolute atomic E-state index is 12.2. The van der Waals surface area contributed by atoms with E-state index >= 15 is 0 Å². The molecular weight excluding hydrogens is 332 g/mol. The molecule has 7 heteroatoms. The van der Waals surface area contributed by atoms with Crippen LogP contribution in [0.1, 0.15) is 24.0 Å². The number of nitrogens with one attached hydrogen (secondary N) is 2. The van der Waals surface area contributed by atoms with E-state index in [0.29, 0.717) is 26.3 Å². The molecule has 3 rings (SSSR count). The third-order valence-electron chi connectivity index (χ3n) is 5.01. The van der Waals surface area contributed by atoms with Gasteiger partial charge in [0.05, 0.1) is 19.1 Å². The number of carbonyl (C=O) groups excluding carboxylic acids is 2. The molecule has 2 heterocycles. The number of carbonyl (C=O) groups is 2. The van der Waals surface area contributed by atoms with Crippen molar-refractivity contribution in [3.05, 3.63) is 35.4 Å². The number of likely N-dealkylation sites (tertiary alicyclic amines) is 1. The first-order valence-corrected chi connectivity index (χ1v) is 9.30. The van der Waals surface area contributed by atoms with Crippen LogP contribution in [0, 0.1) is 5.92 Å². The summed E-state index contributed by atoms with van der Waals surface area (Å²) in [5, 5.41) is 6.12. The fraction of sp³-hybridized carbons (Fsp3) is 0.579. The fourth-order valence-corrected chi connectivity index (χ4v) is 3.57. The van der Waals surface area contributed by atoms with Gasteiger partial charge in [-0.2, -0.15) is 0 Å². The van der Waals surface area contributed by atoms with Crippen molar-refractivity contribution in [2.75, 3.05) is 32.8 Å². The highest BCUT2D eigenvalue weighted by Gasteiger charge is 2.24. The second-order valence-electron chi connectivity index (χ2n) is 7.10. The lowest BCUT2D eigenvalue weighted by atomic mass is 9.97. The molecule has 0 saturated carbocycles. The van der Waals surface area contributed by atoms with Crippen LogP contribution < -0.4 is 16.4 Å². The zero-order chi connectivity index (χ0) is 18.4. The van der Waals surface area contributed by atoms with Crippen LogP contribution in [0.25, 0.3) is 0 Å². The van der Waals surface area contributed by atoms with E-state index in [1.807, 2.05) is 12.1 Å². The monoisotopic (exact) mass is 360 g/mol. The van der Waals surface area contributed by atoms with Crippen molar-refractivity contribution in [2.45, 2.75) is 32.0 Å². The minimum absolute atomic E-state index is 0.0320. The molecular formula is C19H28N4O3. The predicted molar refractivity (Wildman–Crippen MR) is 98.1 cm³/mol. The number of hydrogen-bond acceptors (Lipinski definition) is 5. The normalized spacial score (nSPS) is 24.2. The van der Waals surface area contributed by atoms with Crippen molar-refractivity contribution < 1.29 is 14.3 Å². The van der Waals surface area contributed by atoms with E-state index in [1.54, 1.807) is 0 Å². The standard InChI is InChI=1S/C19H28N4O3/c20-18(24)16-5-2-7-23(12-16)11-15-4-1-3-14(9-15)10-22-19(25)17-13-26-8-6-21-17/h1,3-4,9,16-17,21H,2,5-8,10-13H2,(H2,20,24)(H,22,25).